The molecule has 1 heterocycles. The minimum atomic E-state index is 0.214. The summed E-state index contributed by atoms with van der Waals surface area (Å²) in [5.74, 6) is 0.705. The topological polar surface area (TPSA) is 42.2 Å². The highest BCUT2D eigenvalue weighted by atomic mass is 32.2. The van der Waals surface area contributed by atoms with Gasteiger partial charge in [-0.1, -0.05) is 20.3 Å². The molecule has 2 aliphatic rings. The summed E-state index contributed by atoms with van der Waals surface area (Å²) >= 11 is 0.214. The van der Waals surface area contributed by atoms with Gasteiger partial charge in [-0.2, -0.15) is 9.19 Å². The Morgan fingerprint density at radius 1 is 1.50 bits per heavy atom. The third kappa shape index (κ3) is 3.39. The molecule has 0 saturated heterocycles. The maximum Gasteiger partial charge on any atom is 0.187 e. The average molecular weight is 419 g/mol. The van der Waals surface area contributed by atoms with E-state index in [4.69, 9.17) is 4.99 Å². The van der Waals surface area contributed by atoms with Crippen molar-refractivity contribution >= 4 is 44.0 Å². The number of aromatic nitrogens is 2. The Balaban J connectivity index is 1.82. The van der Waals surface area contributed by atoms with E-state index in [0.717, 1.165) is 65.0 Å². The largest absolute Gasteiger partial charge is 0.388 e. The van der Waals surface area contributed by atoms with Crippen LogP contribution in [-0.4, -0.2) is 21.9 Å². The first-order chi connectivity index (χ1) is 13.4. The van der Waals surface area contributed by atoms with Crippen LogP contribution in [0.3, 0.4) is 0 Å². The third-order valence-corrected chi connectivity index (χ3v) is 7.44. The molecule has 1 saturated carbocycles. The molecule has 3 atom stereocenters. The van der Waals surface area contributed by atoms with Gasteiger partial charge in [0.15, 0.2) is 12.3 Å². The SMILES string of the molecule is CCCC(=Nc1cc(NC)cc(P)c1C)c1nn(SF)c2c1CC1C[C@]1(C)C2. The molecule has 1 fully saturated rings. The second-order valence-corrected chi connectivity index (χ2v) is 9.53. The molecular formula is C21H28FN4PS. The van der Waals surface area contributed by atoms with Crippen molar-refractivity contribution in [1.29, 1.82) is 0 Å². The minimum absolute atomic E-state index is 0.214. The van der Waals surface area contributed by atoms with Crippen LogP contribution in [0.4, 0.5) is 15.3 Å². The molecule has 0 spiro atoms. The summed E-state index contributed by atoms with van der Waals surface area (Å²) in [4.78, 5) is 5.06. The van der Waals surface area contributed by atoms with Crippen molar-refractivity contribution in [3.63, 3.8) is 0 Å². The van der Waals surface area contributed by atoms with Gasteiger partial charge in [-0.3, -0.25) is 4.99 Å². The Morgan fingerprint density at radius 2 is 2.29 bits per heavy atom. The lowest BCUT2D eigenvalue weighted by atomic mass is 9.87. The summed E-state index contributed by atoms with van der Waals surface area (Å²) < 4.78 is 15.1. The first-order valence-corrected chi connectivity index (χ1v) is 11.2. The van der Waals surface area contributed by atoms with Gasteiger partial charge in [-0.05, 0) is 66.9 Å². The van der Waals surface area contributed by atoms with Crippen molar-refractivity contribution in [2.24, 2.45) is 16.3 Å². The highest BCUT2D eigenvalue weighted by Crippen LogP contribution is 2.59. The van der Waals surface area contributed by atoms with Crippen molar-refractivity contribution in [3.05, 3.63) is 34.6 Å². The zero-order chi connectivity index (χ0) is 20.1. The molecule has 2 aliphatic carbocycles. The normalized spacial score (nSPS) is 23.4. The van der Waals surface area contributed by atoms with Crippen LogP contribution >= 0.6 is 21.6 Å². The van der Waals surface area contributed by atoms with Gasteiger partial charge < -0.3 is 5.32 Å². The average Bonchev–Trinajstić information content (AvgIpc) is 3.22. The number of hydrogen-bond donors (Lipinski definition) is 1. The van der Waals surface area contributed by atoms with Crippen LogP contribution < -0.4 is 10.6 Å². The van der Waals surface area contributed by atoms with E-state index in [0.29, 0.717) is 11.3 Å². The fourth-order valence-corrected chi connectivity index (χ4v) is 5.10. The molecule has 0 radical (unpaired) electrons. The molecular weight excluding hydrogens is 390 g/mol. The number of nitrogens with zero attached hydrogens (tertiary/aromatic N) is 3. The van der Waals surface area contributed by atoms with Crippen LogP contribution in [0.15, 0.2) is 17.1 Å². The molecule has 1 aromatic heterocycles. The number of benzene rings is 1. The number of rotatable bonds is 6. The molecule has 4 rings (SSSR count). The third-order valence-electron chi connectivity index (χ3n) is 6.41. The maximum atomic E-state index is 13.7. The lowest BCUT2D eigenvalue weighted by Gasteiger charge is -2.19. The van der Waals surface area contributed by atoms with Gasteiger partial charge in [0.2, 0.25) is 0 Å². The van der Waals surface area contributed by atoms with E-state index in [9.17, 15) is 3.89 Å². The molecule has 0 bridgehead atoms. The molecule has 0 amide bonds. The molecule has 1 N–H and O–H groups in total. The van der Waals surface area contributed by atoms with Crippen LogP contribution in [-0.2, 0) is 12.8 Å². The van der Waals surface area contributed by atoms with E-state index in [1.165, 1.54) is 16.1 Å². The minimum Gasteiger partial charge on any atom is -0.388 e. The van der Waals surface area contributed by atoms with Crippen LogP contribution in [0.25, 0.3) is 0 Å². The second-order valence-electron chi connectivity index (χ2n) is 8.42. The first kappa shape index (κ1) is 19.9. The molecule has 0 aliphatic heterocycles. The fraction of sp³-hybridized carbons (Fsp3) is 0.524. The quantitative estimate of drug-likeness (QED) is 0.520. The maximum absolute atomic E-state index is 13.7. The second kappa shape index (κ2) is 7.46. The fourth-order valence-electron chi connectivity index (χ4n) is 4.40. The zero-order valence-corrected chi connectivity index (χ0v) is 18.9. The van der Waals surface area contributed by atoms with E-state index in [1.807, 2.05) is 7.05 Å². The van der Waals surface area contributed by atoms with E-state index in [-0.39, 0.29) is 12.3 Å². The number of aliphatic imine (C=N–C) groups is 1. The van der Waals surface area contributed by atoms with E-state index < -0.39 is 0 Å². The molecule has 4 nitrogen and oxygen atoms in total. The molecule has 150 valence electrons. The number of anilines is 1. The summed E-state index contributed by atoms with van der Waals surface area (Å²) in [6.45, 7) is 6.55. The summed E-state index contributed by atoms with van der Waals surface area (Å²) in [5, 5.41) is 8.99. The van der Waals surface area contributed by atoms with Crippen LogP contribution in [0, 0.1) is 18.3 Å². The summed E-state index contributed by atoms with van der Waals surface area (Å²) in [7, 11) is 4.70. The van der Waals surface area contributed by atoms with Crippen molar-refractivity contribution in [2.45, 2.75) is 52.9 Å². The van der Waals surface area contributed by atoms with Crippen molar-refractivity contribution in [1.82, 2.24) is 9.19 Å². The number of fused-ring (bicyclic) bond motifs is 2. The predicted molar refractivity (Wildman–Crippen MR) is 121 cm³/mol. The first-order valence-electron chi connectivity index (χ1n) is 9.95. The van der Waals surface area contributed by atoms with Gasteiger partial charge in [0.25, 0.3) is 0 Å². The van der Waals surface area contributed by atoms with E-state index in [2.05, 4.69) is 52.6 Å². The number of halogens is 1. The predicted octanol–water partition coefficient (Wildman–Crippen LogP) is 5.16. The summed E-state index contributed by atoms with van der Waals surface area (Å²) in [6, 6.07) is 4.17. The molecule has 1 aromatic carbocycles. The van der Waals surface area contributed by atoms with Gasteiger partial charge in [-0.15, -0.1) is 13.1 Å². The number of nitrogens with one attached hydrogen (secondary N) is 1. The zero-order valence-electron chi connectivity index (χ0n) is 17.0. The van der Waals surface area contributed by atoms with Gasteiger partial charge in [0.1, 0.15) is 5.69 Å². The Kier molecular flexibility index (Phi) is 5.30. The van der Waals surface area contributed by atoms with Crippen molar-refractivity contribution in [3.8, 4) is 0 Å². The lowest BCUT2D eigenvalue weighted by Crippen LogP contribution is -2.16. The smallest absolute Gasteiger partial charge is 0.187 e. The van der Waals surface area contributed by atoms with Gasteiger partial charge in [0, 0.05) is 18.3 Å². The molecule has 2 unspecified atom stereocenters. The monoisotopic (exact) mass is 418 g/mol. The lowest BCUT2D eigenvalue weighted by molar-refractivity contribution is 0.463. The van der Waals surface area contributed by atoms with E-state index >= 15 is 0 Å². The standard InChI is InChI=1S/C21H28FN4PS/c1-5-6-16(24-17-8-14(23-4)9-19(27)12(17)2)20-15-7-13-10-21(13,3)11-18(15)26(25-20)28-22/h8-9,13,23H,5-7,10-11,27H2,1-4H3/t13?,21-/m1/s1. The van der Waals surface area contributed by atoms with Gasteiger partial charge in [0.05, 0.1) is 17.1 Å². The summed E-state index contributed by atoms with van der Waals surface area (Å²) in [6.07, 6.45) is 4.95. The molecule has 28 heavy (non-hydrogen) atoms. The highest BCUT2D eigenvalue weighted by Gasteiger charge is 2.54. The Hall–Kier alpha value is -1.39. The highest BCUT2D eigenvalue weighted by molar-refractivity contribution is 7.92. The Morgan fingerprint density at radius 3 is 2.96 bits per heavy atom. The Bertz CT molecular complexity index is 954. The van der Waals surface area contributed by atoms with Crippen molar-refractivity contribution < 1.29 is 3.89 Å². The number of hydrogen-bond acceptors (Lipinski definition) is 4. The van der Waals surface area contributed by atoms with Crippen molar-refractivity contribution in [2.75, 3.05) is 12.4 Å². The van der Waals surface area contributed by atoms with Crippen LogP contribution in [0.2, 0.25) is 0 Å². The molecule has 7 heteroatoms. The molecule has 2 aromatic rings. The summed E-state index contributed by atoms with van der Waals surface area (Å²) in [5.41, 5.74) is 7.59. The van der Waals surface area contributed by atoms with Crippen LogP contribution in [0.5, 0.6) is 0 Å². The van der Waals surface area contributed by atoms with Gasteiger partial charge in [-0.25, -0.2) is 0 Å². The van der Waals surface area contributed by atoms with Gasteiger partial charge >= 0.3 is 0 Å². The van der Waals surface area contributed by atoms with E-state index in [1.54, 1.807) is 0 Å². The van der Waals surface area contributed by atoms with Crippen LogP contribution in [0.1, 0.15) is 55.6 Å². The Labute approximate surface area is 173 Å².